The number of halogens is 1. The summed E-state index contributed by atoms with van der Waals surface area (Å²) in [4.78, 5) is 29.3. The predicted molar refractivity (Wildman–Crippen MR) is 32.8 cm³/mol. The van der Waals surface area contributed by atoms with Crippen LogP contribution in [0.5, 0.6) is 0 Å². The van der Waals surface area contributed by atoms with E-state index < -0.39 is 9.05 Å². The Bertz CT molecular complexity index is 31.5. The van der Waals surface area contributed by atoms with Gasteiger partial charge in [-0.2, -0.15) is 0 Å². The second kappa shape index (κ2) is 9.39. The van der Waals surface area contributed by atoms with Gasteiger partial charge in [-0.3, -0.25) is 4.70 Å². The van der Waals surface area contributed by atoms with Crippen LogP contribution < -0.4 is 0 Å². The topological polar surface area (TPSA) is 80.9 Å². The van der Waals surface area contributed by atoms with Gasteiger partial charge in [0, 0.05) is 0 Å². The van der Waals surface area contributed by atoms with Crippen LogP contribution in [-0.2, 0) is 0 Å². The second-order valence-corrected chi connectivity index (χ2v) is 1.80. The summed E-state index contributed by atoms with van der Waals surface area (Å²) in [5, 5.41) is 0. The Balaban J connectivity index is -0.0000000267. The minimum Gasteiger partial charge on any atom is 0.316 e. The molecular weight excluding hydrogens is 174 g/mol. The summed E-state index contributed by atoms with van der Waals surface area (Å²) in [6, 6.07) is 0. The molecule has 8 heteroatoms. The number of hydrogen-bond donors (Lipinski definition) is 4. The van der Waals surface area contributed by atoms with Gasteiger partial charge in [-0.15, -0.1) is 0 Å². The Labute approximate surface area is 105 Å². The van der Waals surface area contributed by atoms with E-state index in [1.807, 2.05) is 0 Å². The smallest absolute Gasteiger partial charge is 0.316 e. The van der Waals surface area contributed by atoms with Crippen molar-refractivity contribution in [2.75, 3.05) is 0 Å². The van der Waals surface area contributed by atoms with Crippen molar-refractivity contribution in [3.05, 3.63) is 0 Å². The van der Waals surface area contributed by atoms with Gasteiger partial charge < -0.3 is 19.2 Å². The number of rotatable bonds is 0. The molecule has 0 aliphatic rings. The molecule has 0 unspecified atom stereocenters. The maximum absolute atomic E-state index is 7.33. The van der Waals surface area contributed by atoms with Crippen LogP contribution in [0.4, 0.5) is 4.70 Å². The predicted octanol–water partition coefficient (Wildman–Crippen LogP) is -4.02. The quantitative estimate of drug-likeness (QED) is 0.288. The maximum Gasteiger partial charge on any atom is 0.316 e. The minimum atomic E-state index is -4.61. The fourth-order valence-electron chi connectivity index (χ4n) is 0. The summed E-state index contributed by atoms with van der Waals surface area (Å²) < 4.78 is 0. The third kappa shape index (κ3) is 80.2. The zero-order valence-electron chi connectivity index (χ0n) is 2.70. The first-order chi connectivity index (χ1) is 2.00. The first kappa shape index (κ1) is 22.4. The average Bonchev–Trinajstić information content (AvgIpc) is 0.722. The van der Waals surface area contributed by atoms with Gasteiger partial charge >= 0.3 is 83.5 Å². The first-order valence-corrected chi connectivity index (χ1v) is 2.68. The van der Waals surface area contributed by atoms with Gasteiger partial charge in [0.15, 0.2) is 0 Å². The fraction of sp³-hybridized carbons (Fsp3) is 0. The van der Waals surface area contributed by atoms with Crippen molar-refractivity contribution in [2.45, 2.75) is 0 Å². The molecule has 0 saturated carbocycles. The summed E-state index contributed by atoms with van der Waals surface area (Å²) in [5.41, 5.74) is 0. The summed E-state index contributed by atoms with van der Waals surface area (Å²) in [5.74, 6) is 0. The SMILES string of the molecule is F.O[Si](O)(O)O.[KH].[MgH2]. The molecule has 0 atom stereocenters. The zero-order valence-corrected chi connectivity index (χ0v) is 3.70. The van der Waals surface area contributed by atoms with Crippen LogP contribution in [0.2, 0.25) is 0 Å². The molecule has 0 aliphatic heterocycles. The third-order valence-corrected chi connectivity index (χ3v) is 0. The van der Waals surface area contributed by atoms with E-state index in [1.165, 1.54) is 0 Å². The Kier molecular flexibility index (Phi) is 26.3. The maximum atomic E-state index is 7.33. The molecule has 0 spiro atoms. The van der Waals surface area contributed by atoms with Crippen molar-refractivity contribution in [1.29, 1.82) is 0 Å². The molecule has 0 saturated heterocycles. The molecule has 0 heterocycles. The van der Waals surface area contributed by atoms with Gasteiger partial charge in [0.25, 0.3) is 0 Å². The van der Waals surface area contributed by atoms with Crippen LogP contribution in [0.15, 0.2) is 0 Å². The van der Waals surface area contributed by atoms with E-state index >= 15 is 0 Å². The monoisotopic (exact) mass is 182 g/mol. The van der Waals surface area contributed by atoms with Gasteiger partial charge in [0.1, 0.15) is 0 Å². The standard InChI is InChI=1S/FH.K.Mg.H4O4Si.3H/c;;;1-5(2,3)4;;;/h1H;;;1-4H;;;. The molecule has 0 rings (SSSR count). The summed E-state index contributed by atoms with van der Waals surface area (Å²) in [6.45, 7) is 0. The van der Waals surface area contributed by atoms with E-state index in [4.69, 9.17) is 19.2 Å². The molecule has 0 aliphatic carbocycles. The molecule has 0 radical (unpaired) electrons. The van der Waals surface area contributed by atoms with Crippen molar-refractivity contribution < 1.29 is 23.9 Å². The molecule has 4 nitrogen and oxygen atoms in total. The molecular formula is H8FKMgO4Si. The summed E-state index contributed by atoms with van der Waals surface area (Å²) in [6.07, 6.45) is 0. The van der Waals surface area contributed by atoms with E-state index in [0.717, 1.165) is 0 Å². The minimum absolute atomic E-state index is 0. The van der Waals surface area contributed by atoms with Crippen molar-refractivity contribution >= 4 is 83.5 Å². The van der Waals surface area contributed by atoms with E-state index in [0.29, 0.717) is 0 Å². The molecule has 0 amide bonds. The molecule has 4 N–H and O–H groups in total. The van der Waals surface area contributed by atoms with E-state index in [2.05, 4.69) is 0 Å². The largest absolute Gasteiger partial charge is 0.316 e. The van der Waals surface area contributed by atoms with Gasteiger partial charge in [-0.05, 0) is 0 Å². The van der Waals surface area contributed by atoms with Gasteiger partial charge in [-0.1, -0.05) is 0 Å². The van der Waals surface area contributed by atoms with Crippen LogP contribution in [0.3, 0.4) is 0 Å². The van der Waals surface area contributed by atoms with Crippen LogP contribution >= 0.6 is 0 Å². The Morgan fingerprint density at radius 2 is 0.875 bits per heavy atom. The Morgan fingerprint density at radius 3 is 0.875 bits per heavy atom. The fourth-order valence-corrected chi connectivity index (χ4v) is 0. The van der Waals surface area contributed by atoms with Crippen LogP contribution in [0, 0.1) is 0 Å². The van der Waals surface area contributed by atoms with Crippen LogP contribution in [0.1, 0.15) is 0 Å². The van der Waals surface area contributed by atoms with Crippen LogP contribution in [0.25, 0.3) is 0 Å². The third-order valence-electron chi connectivity index (χ3n) is 0. The van der Waals surface area contributed by atoms with E-state index in [1.54, 1.807) is 0 Å². The molecule has 0 aromatic carbocycles. The molecule has 0 bridgehead atoms. The first-order valence-electron chi connectivity index (χ1n) is 0.894. The van der Waals surface area contributed by atoms with E-state index in [9.17, 15) is 0 Å². The summed E-state index contributed by atoms with van der Waals surface area (Å²) >= 11 is 0. The van der Waals surface area contributed by atoms with Gasteiger partial charge in [0.2, 0.25) is 0 Å². The summed E-state index contributed by atoms with van der Waals surface area (Å²) in [7, 11) is -4.61. The van der Waals surface area contributed by atoms with E-state index in [-0.39, 0.29) is 79.1 Å². The Morgan fingerprint density at radius 1 is 0.875 bits per heavy atom. The number of hydrogen-bond acceptors (Lipinski definition) is 4. The molecule has 46 valence electrons. The molecule has 0 fully saturated rings. The van der Waals surface area contributed by atoms with Gasteiger partial charge in [0.05, 0.1) is 0 Å². The Hall–Kier alpha value is 2.39. The van der Waals surface area contributed by atoms with Crippen molar-refractivity contribution in [2.24, 2.45) is 0 Å². The molecule has 0 aromatic heterocycles. The van der Waals surface area contributed by atoms with Crippen molar-refractivity contribution in [3.63, 3.8) is 0 Å². The second-order valence-electron chi connectivity index (χ2n) is 0.600. The van der Waals surface area contributed by atoms with Crippen molar-refractivity contribution in [3.8, 4) is 0 Å². The van der Waals surface area contributed by atoms with Crippen LogP contribution in [-0.4, -0.2) is 103 Å². The molecule has 8 heavy (non-hydrogen) atoms. The normalized spacial score (nSPS) is 7.50. The van der Waals surface area contributed by atoms with Crippen molar-refractivity contribution in [1.82, 2.24) is 0 Å². The molecule has 0 aromatic rings. The van der Waals surface area contributed by atoms with Gasteiger partial charge in [-0.25, -0.2) is 0 Å². The average molecular weight is 183 g/mol. The zero-order chi connectivity index (χ0) is 4.50.